The maximum Gasteiger partial charge on any atom is 0.118 e. The second kappa shape index (κ2) is 6.92. The van der Waals surface area contributed by atoms with Gasteiger partial charge in [-0.05, 0) is 23.3 Å². The number of aliphatic hydroxyl groups excluding tert-OH is 1. The van der Waals surface area contributed by atoms with E-state index in [1.807, 2.05) is 54.6 Å². The van der Waals surface area contributed by atoms with Crippen LogP contribution in [0.3, 0.4) is 0 Å². The van der Waals surface area contributed by atoms with Gasteiger partial charge in [-0.15, -0.1) is 0 Å². The molecule has 2 aromatic carbocycles. The van der Waals surface area contributed by atoms with E-state index in [-0.39, 0.29) is 12.7 Å². The molecule has 0 amide bonds. The summed E-state index contributed by atoms with van der Waals surface area (Å²) in [6.45, 7) is 0.324. The van der Waals surface area contributed by atoms with Gasteiger partial charge >= 0.3 is 0 Å². The predicted octanol–water partition coefficient (Wildman–Crippen LogP) is 2.79. The van der Waals surface area contributed by atoms with Crippen LogP contribution in [-0.2, 0) is 4.74 Å². The van der Waals surface area contributed by atoms with Crippen LogP contribution in [0.5, 0.6) is 5.75 Å². The first-order chi connectivity index (χ1) is 9.35. The Morgan fingerprint density at radius 3 is 2.16 bits per heavy atom. The monoisotopic (exact) mass is 258 g/mol. The molecule has 0 spiro atoms. The molecule has 0 aromatic heterocycles. The molecule has 0 aliphatic heterocycles. The van der Waals surface area contributed by atoms with Gasteiger partial charge in [-0.2, -0.15) is 0 Å². The molecule has 3 nitrogen and oxygen atoms in total. The highest BCUT2D eigenvalue weighted by molar-refractivity contribution is 5.34. The number of benzene rings is 2. The molecule has 0 aliphatic rings. The van der Waals surface area contributed by atoms with Gasteiger partial charge in [0.15, 0.2) is 0 Å². The van der Waals surface area contributed by atoms with E-state index in [0.29, 0.717) is 6.61 Å². The Kier molecular flexibility index (Phi) is 4.95. The van der Waals surface area contributed by atoms with Crippen LogP contribution in [0.15, 0.2) is 54.6 Å². The highest BCUT2D eigenvalue weighted by atomic mass is 16.5. The first-order valence-electron chi connectivity index (χ1n) is 6.26. The Morgan fingerprint density at radius 2 is 1.58 bits per heavy atom. The fourth-order valence-electron chi connectivity index (χ4n) is 1.96. The third kappa shape index (κ3) is 3.56. The van der Waals surface area contributed by atoms with E-state index in [1.165, 1.54) is 0 Å². The van der Waals surface area contributed by atoms with Gasteiger partial charge in [0.05, 0.1) is 20.3 Å². The van der Waals surface area contributed by atoms with Crippen molar-refractivity contribution in [3.8, 4) is 5.75 Å². The van der Waals surface area contributed by atoms with Crippen LogP contribution in [0.4, 0.5) is 0 Å². The Bertz CT molecular complexity index is 479. The van der Waals surface area contributed by atoms with Crippen molar-refractivity contribution in [3.05, 3.63) is 65.7 Å². The molecule has 0 aliphatic carbocycles. The Morgan fingerprint density at radius 1 is 0.947 bits per heavy atom. The third-order valence-electron chi connectivity index (χ3n) is 2.90. The van der Waals surface area contributed by atoms with Gasteiger partial charge in [0, 0.05) is 0 Å². The molecule has 1 unspecified atom stereocenters. The summed E-state index contributed by atoms with van der Waals surface area (Å²) in [6.07, 6.45) is -0.167. The van der Waals surface area contributed by atoms with Crippen molar-refractivity contribution in [1.82, 2.24) is 0 Å². The quantitative estimate of drug-likeness (QED) is 0.866. The zero-order chi connectivity index (χ0) is 13.5. The molecule has 2 aromatic rings. The fraction of sp³-hybridized carbons (Fsp3) is 0.250. The van der Waals surface area contributed by atoms with Gasteiger partial charge in [0.1, 0.15) is 11.9 Å². The van der Waals surface area contributed by atoms with Crippen molar-refractivity contribution in [2.45, 2.75) is 6.10 Å². The van der Waals surface area contributed by atoms with Crippen molar-refractivity contribution in [3.63, 3.8) is 0 Å². The van der Waals surface area contributed by atoms with E-state index in [2.05, 4.69) is 0 Å². The Balaban J connectivity index is 2.26. The van der Waals surface area contributed by atoms with Crippen molar-refractivity contribution in [2.75, 3.05) is 20.3 Å². The lowest BCUT2D eigenvalue weighted by Crippen LogP contribution is -2.09. The molecule has 1 N–H and O–H groups in total. The van der Waals surface area contributed by atoms with E-state index >= 15 is 0 Å². The van der Waals surface area contributed by atoms with Gasteiger partial charge in [0.25, 0.3) is 0 Å². The van der Waals surface area contributed by atoms with E-state index in [0.717, 1.165) is 16.9 Å². The summed E-state index contributed by atoms with van der Waals surface area (Å²) in [7, 11) is 1.64. The molecule has 3 heteroatoms. The third-order valence-corrected chi connectivity index (χ3v) is 2.90. The van der Waals surface area contributed by atoms with E-state index in [4.69, 9.17) is 14.6 Å². The topological polar surface area (TPSA) is 38.7 Å². The highest BCUT2D eigenvalue weighted by Gasteiger charge is 2.14. The van der Waals surface area contributed by atoms with Gasteiger partial charge in [-0.3, -0.25) is 0 Å². The molecule has 0 saturated carbocycles. The van der Waals surface area contributed by atoms with E-state index < -0.39 is 0 Å². The fourth-order valence-corrected chi connectivity index (χ4v) is 1.96. The summed E-state index contributed by atoms with van der Waals surface area (Å²) in [5, 5.41) is 8.95. The minimum atomic E-state index is -0.167. The normalized spacial score (nSPS) is 12.1. The predicted molar refractivity (Wildman–Crippen MR) is 74.3 cm³/mol. The number of ether oxygens (including phenoxy) is 2. The van der Waals surface area contributed by atoms with Gasteiger partial charge < -0.3 is 14.6 Å². The van der Waals surface area contributed by atoms with Crippen molar-refractivity contribution in [2.24, 2.45) is 0 Å². The highest BCUT2D eigenvalue weighted by Crippen LogP contribution is 2.27. The van der Waals surface area contributed by atoms with Gasteiger partial charge in [-0.25, -0.2) is 0 Å². The zero-order valence-electron chi connectivity index (χ0n) is 11.0. The summed E-state index contributed by atoms with van der Waals surface area (Å²) in [5.74, 6) is 0.817. The number of rotatable bonds is 6. The second-order valence-corrected chi connectivity index (χ2v) is 4.16. The summed E-state index contributed by atoms with van der Waals surface area (Å²) < 4.78 is 10.9. The number of hydrogen-bond acceptors (Lipinski definition) is 3. The van der Waals surface area contributed by atoms with Crippen molar-refractivity contribution < 1.29 is 14.6 Å². The Hall–Kier alpha value is -1.84. The van der Waals surface area contributed by atoms with Crippen molar-refractivity contribution in [1.29, 1.82) is 0 Å². The minimum Gasteiger partial charge on any atom is -0.497 e. The van der Waals surface area contributed by atoms with Crippen LogP contribution in [0.1, 0.15) is 17.2 Å². The zero-order valence-corrected chi connectivity index (χ0v) is 11.0. The van der Waals surface area contributed by atoms with Crippen LogP contribution in [0.25, 0.3) is 0 Å². The summed E-state index contributed by atoms with van der Waals surface area (Å²) in [5.41, 5.74) is 2.11. The standard InChI is InChI=1S/C16H18O3/c1-18-15-9-7-14(8-10-15)16(19-12-11-17)13-5-3-2-4-6-13/h2-10,16-17H,11-12H2,1H3. The average Bonchev–Trinajstić information content (AvgIpc) is 2.49. The molecule has 1 atom stereocenters. The molecule has 0 radical (unpaired) electrons. The number of methoxy groups -OCH3 is 1. The molecule has 0 saturated heterocycles. The smallest absolute Gasteiger partial charge is 0.118 e. The lowest BCUT2D eigenvalue weighted by atomic mass is 10.0. The summed E-state index contributed by atoms with van der Waals surface area (Å²) >= 11 is 0. The summed E-state index contributed by atoms with van der Waals surface area (Å²) in [4.78, 5) is 0. The Labute approximate surface area is 113 Å². The molecular weight excluding hydrogens is 240 g/mol. The van der Waals surface area contributed by atoms with Crippen LogP contribution >= 0.6 is 0 Å². The minimum absolute atomic E-state index is 0.0134. The largest absolute Gasteiger partial charge is 0.497 e. The lowest BCUT2D eigenvalue weighted by molar-refractivity contribution is 0.0501. The van der Waals surface area contributed by atoms with Crippen LogP contribution in [0, 0.1) is 0 Å². The first kappa shape index (κ1) is 13.6. The van der Waals surface area contributed by atoms with Crippen LogP contribution in [0.2, 0.25) is 0 Å². The molecule has 0 fully saturated rings. The maximum absolute atomic E-state index is 8.95. The second-order valence-electron chi connectivity index (χ2n) is 4.16. The lowest BCUT2D eigenvalue weighted by Gasteiger charge is -2.18. The number of hydrogen-bond donors (Lipinski definition) is 1. The molecule has 100 valence electrons. The van der Waals surface area contributed by atoms with Crippen molar-refractivity contribution >= 4 is 0 Å². The van der Waals surface area contributed by atoms with E-state index in [1.54, 1.807) is 7.11 Å². The first-order valence-corrected chi connectivity index (χ1v) is 6.26. The molecule has 19 heavy (non-hydrogen) atoms. The maximum atomic E-state index is 8.95. The van der Waals surface area contributed by atoms with Crippen LogP contribution in [-0.4, -0.2) is 25.4 Å². The van der Waals surface area contributed by atoms with E-state index in [9.17, 15) is 0 Å². The molecule has 0 heterocycles. The average molecular weight is 258 g/mol. The number of aliphatic hydroxyl groups is 1. The molecule has 0 bridgehead atoms. The molecular formula is C16H18O3. The van der Waals surface area contributed by atoms with Crippen LogP contribution < -0.4 is 4.74 Å². The van der Waals surface area contributed by atoms with Gasteiger partial charge in [0.2, 0.25) is 0 Å². The van der Waals surface area contributed by atoms with Gasteiger partial charge in [-0.1, -0.05) is 42.5 Å². The summed E-state index contributed by atoms with van der Waals surface area (Å²) in [6, 6.07) is 17.8. The SMILES string of the molecule is COc1ccc(C(OCCO)c2ccccc2)cc1. The molecule has 2 rings (SSSR count).